The van der Waals surface area contributed by atoms with Gasteiger partial charge < -0.3 is 25.3 Å². The summed E-state index contributed by atoms with van der Waals surface area (Å²) in [5, 5.41) is 26.9. The highest BCUT2D eigenvalue weighted by molar-refractivity contribution is 7.90. The Kier molecular flexibility index (Phi) is 9.88. The smallest absolute Gasteiger partial charge is 0.334 e. The van der Waals surface area contributed by atoms with Gasteiger partial charge in [-0.1, -0.05) is 66.2 Å². The summed E-state index contributed by atoms with van der Waals surface area (Å²) >= 11 is 0. The number of amides is 4. The van der Waals surface area contributed by atoms with Crippen LogP contribution in [0.3, 0.4) is 0 Å². The van der Waals surface area contributed by atoms with Gasteiger partial charge in [-0.2, -0.15) is 0 Å². The molecule has 0 spiro atoms. The minimum absolute atomic E-state index is 0.0452. The number of hydrazine groups is 1. The molecule has 278 valence electrons. The van der Waals surface area contributed by atoms with Crippen molar-refractivity contribution >= 4 is 38.8 Å². The molecule has 1 aromatic heterocycles. The molecule has 0 unspecified atom stereocenters. The molecule has 4 amide bonds. The van der Waals surface area contributed by atoms with E-state index in [1.807, 2.05) is 37.3 Å². The van der Waals surface area contributed by atoms with Crippen LogP contribution in [0.1, 0.15) is 22.3 Å². The van der Waals surface area contributed by atoms with Crippen LogP contribution in [-0.4, -0.2) is 92.1 Å². The van der Waals surface area contributed by atoms with E-state index in [4.69, 9.17) is 0 Å². The fraction of sp³-hybridized carbons (Fsp3) is 0.225. The van der Waals surface area contributed by atoms with E-state index in [0.29, 0.717) is 22.0 Å². The van der Waals surface area contributed by atoms with Crippen molar-refractivity contribution in [2.75, 3.05) is 19.6 Å². The van der Waals surface area contributed by atoms with Gasteiger partial charge in [-0.25, -0.2) is 27.2 Å². The second-order valence-corrected chi connectivity index (χ2v) is 15.3. The first kappa shape index (κ1) is 36.2. The molecule has 5 aromatic rings. The van der Waals surface area contributed by atoms with E-state index in [-0.39, 0.29) is 61.4 Å². The normalized spacial score (nSPS) is 17.8. The first-order valence-corrected chi connectivity index (χ1v) is 18.9. The van der Waals surface area contributed by atoms with Gasteiger partial charge in [-0.15, -0.1) is 6.58 Å². The molecule has 54 heavy (non-hydrogen) atoms. The number of benzene rings is 4. The second kappa shape index (κ2) is 14.7. The van der Waals surface area contributed by atoms with E-state index in [1.165, 1.54) is 63.5 Å². The third-order valence-corrected chi connectivity index (χ3v) is 11.5. The Labute approximate surface area is 313 Å². The Morgan fingerprint density at radius 2 is 1.63 bits per heavy atom. The zero-order valence-corrected chi connectivity index (χ0v) is 30.4. The van der Waals surface area contributed by atoms with Crippen LogP contribution in [-0.2, 0) is 39.1 Å². The highest BCUT2D eigenvalue weighted by Gasteiger charge is 2.51. The number of fused-ring (bicyclic) bond motifs is 2. The molecule has 4 aromatic carbocycles. The first-order valence-electron chi connectivity index (χ1n) is 17.4. The molecule has 0 radical (unpaired) electrons. The fourth-order valence-corrected chi connectivity index (χ4v) is 8.55. The molecule has 0 bridgehead atoms. The zero-order valence-electron chi connectivity index (χ0n) is 29.6. The molecule has 14 heteroatoms. The lowest BCUT2D eigenvalue weighted by molar-refractivity contribution is -0.189. The van der Waals surface area contributed by atoms with Crippen molar-refractivity contribution in [1.29, 1.82) is 0 Å². The van der Waals surface area contributed by atoms with E-state index in [1.54, 1.807) is 35.4 Å². The number of phenols is 2. The number of rotatable bonds is 10. The third kappa shape index (κ3) is 7.00. The van der Waals surface area contributed by atoms with Gasteiger partial charge in [0.25, 0.3) is 10.0 Å². The van der Waals surface area contributed by atoms with Crippen LogP contribution >= 0.6 is 0 Å². The topological polar surface area (TPSA) is 156 Å². The Hall–Kier alpha value is -6.12. The molecule has 2 fully saturated rings. The molecule has 0 saturated carbocycles. The summed E-state index contributed by atoms with van der Waals surface area (Å²) in [6, 6.07) is 25.1. The summed E-state index contributed by atoms with van der Waals surface area (Å²) in [5.74, 6) is -0.799. The number of hydrogen-bond donors (Lipinski definition) is 3. The summed E-state index contributed by atoms with van der Waals surface area (Å²) in [4.78, 5) is 45.8. The maximum atomic E-state index is 14.6. The van der Waals surface area contributed by atoms with Gasteiger partial charge in [0, 0.05) is 37.6 Å². The number of urea groups is 1. The minimum atomic E-state index is -4.09. The van der Waals surface area contributed by atoms with Crippen LogP contribution in [0.2, 0.25) is 0 Å². The number of piperazine rings is 1. The minimum Gasteiger partial charge on any atom is -0.508 e. The second-order valence-electron chi connectivity index (χ2n) is 13.5. The van der Waals surface area contributed by atoms with E-state index in [0.717, 1.165) is 15.1 Å². The summed E-state index contributed by atoms with van der Waals surface area (Å²) in [5.41, 5.74) is 3.19. The molecule has 7 rings (SSSR count). The lowest BCUT2D eigenvalue weighted by Crippen LogP contribution is -2.76. The van der Waals surface area contributed by atoms with Crippen molar-refractivity contribution in [2.24, 2.45) is 0 Å². The quantitative estimate of drug-likeness (QED) is 0.178. The van der Waals surface area contributed by atoms with Crippen LogP contribution in [0.15, 0.2) is 121 Å². The van der Waals surface area contributed by atoms with Gasteiger partial charge in [-0.05, 0) is 66.1 Å². The van der Waals surface area contributed by atoms with Crippen molar-refractivity contribution in [3.05, 3.63) is 138 Å². The molecule has 0 aliphatic carbocycles. The summed E-state index contributed by atoms with van der Waals surface area (Å²) in [6.45, 7) is 5.72. The number of phenolic OH excluding ortho intramolecular Hbond substituents is 2. The van der Waals surface area contributed by atoms with Gasteiger partial charge in [-0.3, -0.25) is 9.59 Å². The molecule has 2 aliphatic rings. The SMILES string of the molecule is C=CCN1CC(=O)N2[C@@H](Cc3ccc(O)cc3)C(=O)N(Cc3cn(S(=O)(=O)c4ccc(C)cc4)c4ccc(O)cc34)C[C@@H]2N1C(=O)NCc1ccccc1. The Morgan fingerprint density at radius 1 is 0.926 bits per heavy atom. The van der Waals surface area contributed by atoms with Crippen LogP contribution in [0.4, 0.5) is 4.79 Å². The monoisotopic (exact) mass is 748 g/mol. The Balaban J connectivity index is 1.29. The number of aromatic hydroxyl groups is 2. The first-order chi connectivity index (χ1) is 25.9. The van der Waals surface area contributed by atoms with Crippen LogP contribution in [0.25, 0.3) is 10.9 Å². The van der Waals surface area contributed by atoms with Crippen molar-refractivity contribution in [1.82, 2.24) is 29.1 Å². The highest BCUT2D eigenvalue weighted by atomic mass is 32.2. The van der Waals surface area contributed by atoms with E-state index >= 15 is 0 Å². The van der Waals surface area contributed by atoms with Crippen molar-refractivity contribution in [3.8, 4) is 11.5 Å². The number of nitrogens with one attached hydrogen (secondary N) is 1. The maximum Gasteiger partial charge on any atom is 0.334 e. The standard InChI is InChI=1S/C40H40N6O7S/c1-3-19-43-26-38(49)45-36(20-28-11-13-31(47)14-12-28)39(50)42(25-37(45)46(43)40(51)41-22-29-7-5-4-6-8-29)23-30-24-44(35-18-15-32(48)21-34(30)35)54(52,53)33-16-9-27(2)10-17-33/h3-18,21,24,36-37,47-48H,1,19-20,22-23,25-26H2,2H3,(H,41,51)/t36-,37-/m0/s1. The average molecular weight is 749 g/mol. The summed E-state index contributed by atoms with van der Waals surface area (Å²) in [7, 11) is -4.09. The van der Waals surface area contributed by atoms with E-state index in [9.17, 15) is 33.0 Å². The highest BCUT2D eigenvalue weighted by Crippen LogP contribution is 2.33. The molecule has 3 N–H and O–H groups in total. The van der Waals surface area contributed by atoms with Crippen LogP contribution in [0.5, 0.6) is 11.5 Å². The van der Waals surface area contributed by atoms with Crippen molar-refractivity contribution in [2.45, 2.75) is 43.5 Å². The van der Waals surface area contributed by atoms with Crippen molar-refractivity contribution in [3.63, 3.8) is 0 Å². The fourth-order valence-electron chi connectivity index (χ4n) is 7.16. The van der Waals surface area contributed by atoms with Crippen LogP contribution in [0, 0.1) is 6.92 Å². The van der Waals surface area contributed by atoms with Gasteiger partial charge in [0.1, 0.15) is 23.7 Å². The maximum absolute atomic E-state index is 14.6. The van der Waals surface area contributed by atoms with Gasteiger partial charge in [0.15, 0.2) is 0 Å². The summed E-state index contributed by atoms with van der Waals surface area (Å²) in [6.07, 6.45) is 2.19. The number of aryl methyl sites for hydroxylation is 1. The van der Waals surface area contributed by atoms with Gasteiger partial charge in [0.05, 0.1) is 23.5 Å². The van der Waals surface area contributed by atoms with Gasteiger partial charge >= 0.3 is 6.03 Å². The number of carbonyl (C=O) groups is 3. The lowest BCUT2D eigenvalue weighted by Gasteiger charge is -2.55. The molecular formula is C40H40N6O7S. The Morgan fingerprint density at radius 3 is 2.33 bits per heavy atom. The van der Waals surface area contributed by atoms with Crippen LogP contribution < -0.4 is 5.32 Å². The number of nitrogens with zero attached hydrogens (tertiary/aromatic N) is 5. The molecule has 13 nitrogen and oxygen atoms in total. The predicted octanol–water partition coefficient (Wildman–Crippen LogP) is 4.33. The zero-order chi connectivity index (χ0) is 38.1. The molecule has 3 heterocycles. The number of aromatic nitrogens is 1. The number of carbonyl (C=O) groups excluding carboxylic acids is 3. The lowest BCUT2D eigenvalue weighted by atomic mass is 9.98. The molecule has 2 aliphatic heterocycles. The molecular weight excluding hydrogens is 709 g/mol. The average Bonchev–Trinajstić information content (AvgIpc) is 3.51. The van der Waals surface area contributed by atoms with E-state index < -0.39 is 34.2 Å². The Bertz CT molecular complexity index is 2330. The summed E-state index contributed by atoms with van der Waals surface area (Å²) < 4.78 is 29.1. The third-order valence-electron chi connectivity index (χ3n) is 9.81. The molecule has 2 saturated heterocycles. The number of hydrogen-bond acceptors (Lipinski definition) is 8. The van der Waals surface area contributed by atoms with Gasteiger partial charge in [0.2, 0.25) is 11.8 Å². The molecule has 2 atom stereocenters. The van der Waals surface area contributed by atoms with E-state index in [2.05, 4.69) is 11.9 Å². The largest absolute Gasteiger partial charge is 0.508 e. The van der Waals surface area contributed by atoms with Crippen molar-refractivity contribution < 1.29 is 33.0 Å². The predicted molar refractivity (Wildman–Crippen MR) is 201 cm³/mol.